The summed E-state index contributed by atoms with van der Waals surface area (Å²) in [4.78, 5) is 31.5. The number of methoxy groups -OCH3 is 2. The highest BCUT2D eigenvalue weighted by atomic mass is 127. The molecule has 8 aromatic carbocycles. The maximum atomic E-state index is 13.2. The summed E-state index contributed by atoms with van der Waals surface area (Å²) in [5, 5.41) is 2.99. The van der Waals surface area contributed by atoms with E-state index < -0.39 is 46.4 Å². The number of halogens is 4. The number of para-hydroxylation sites is 2. The van der Waals surface area contributed by atoms with E-state index in [-0.39, 0.29) is 32.4 Å². The molecule has 0 fully saturated rings. The fourth-order valence-electron chi connectivity index (χ4n) is 13.2. The SMILES string of the molecule is COC(OC)c1ccccc1-c1cnc2c(c1)c(I)cn2S(=O)(=O)c1ccccc1.O=S(=O)(c1ccccc1)n1cc(I)c2cc(-c3ccc4c(c3)OCO4)cnc21.O=S(=O)(c1ccccc1)n1cc(I)c2cc(-c3ccccc3Oc3ncccn3)cnc21.O=S(=O)(c1ccccc1)n1cc(I)c2cc(-c3cccnc3Oc3ccccc3)cnc21. The molecule has 11 heterocycles. The van der Waals surface area contributed by atoms with Crippen LogP contribution in [0, 0.1) is 14.3 Å². The Morgan fingerprint density at radius 2 is 0.697 bits per heavy atom. The van der Waals surface area contributed by atoms with Crippen molar-refractivity contribution in [1.82, 2.24) is 50.8 Å². The quantitative estimate of drug-likeness (QED) is 0.0536. The lowest BCUT2D eigenvalue weighted by Crippen LogP contribution is -2.12. The second-order valence-corrected chi connectivity index (χ2v) is 38.5. The summed E-state index contributed by atoms with van der Waals surface area (Å²) in [6, 6.07) is 77.1. The van der Waals surface area contributed by atoms with Crippen LogP contribution in [0.4, 0.5) is 0 Å². The minimum absolute atomic E-state index is 0.209. The van der Waals surface area contributed by atoms with Gasteiger partial charge in [0.15, 0.2) is 40.4 Å². The summed E-state index contributed by atoms with van der Waals surface area (Å²) in [5.74, 6) is 3.11. The molecule has 1 aliphatic rings. The van der Waals surface area contributed by atoms with E-state index in [2.05, 4.69) is 125 Å². The van der Waals surface area contributed by atoms with Gasteiger partial charge in [0.2, 0.25) is 12.7 Å². The number of hydrogen-bond donors (Lipinski definition) is 0. The molecule has 0 unspecified atom stereocenters. The normalized spacial score (nSPS) is 12.0. The van der Waals surface area contributed by atoms with Crippen molar-refractivity contribution in [2.75, 3.05) is 21.0 Å². The third kappa shape index (κ3) is 17.4. The van der Waals surface area contributed by atoms with Crippen molar-refractivity contribution < 1.29 is 62.1 Å². The van der Waals surface area contributed by atoms with Gasteiger partial charge in [-0.3, -0.25) is 0 Å². The summed E-state index contributed by atoms with van der Waals surface area (Å²) in [6.45, 7) is 0.216. The number of benzene rings is 8. The predicted molar refractivity (Wildman–Crippen MR) is 497 cm³/mol. The summed E-state index contributed by atoms with van der Waals surface area (Å²) in [5.41, 5.74) is 9.09. The number of hydrogen-bond acceptors (Lipinski definition) is 21. The lowest BCUT2D eigenvalue weighted by atomic mass is 10.00. The van der Waals surface area contributed by atoms with E-state index >= 15 is 0 Å². The molecule has 0 radical (unpaired) electrons. The zero-order valence-corrected chi connectivity index (χ0v) is 75.6. The second-order valence-electron chi connectivity index (χ2n) is 26.6. The molecule has 0 atom stereocenters. The highest BCUT2D eigenvalue weighted by molar-refractivity contribution is 14.1. The lowest BCUT2D eigenvalue weighted by Gasteiger charge is -2.17. The van der Waals surface area contributed by atoms with Crippen LogP contribution in [0.25, 0.3) is 88.6 Å². The minimum atomic E-state index is -3.76. The van der Waals surface area contributed by atoms with E-state index in [1.807, 2.05) is 133 Å². The molecule has 0 saturated heterocycles. The zero-order chi connectivity index (χ0) is 84.9. The third-order valence-corrected chi connectivity index (χ3v) is 29.2. The predicted octanol–water partition coefficient (Wildman–Crippen LogP) is 20.0. The van der Waals surface area contributed by atoms with Crippen LogP contribution >= 0.6 is 90.4 Å². The van der Waals surface area contributed by atoms with E-state index in [0.29, 0.717) is 51.5 Å². The molecular weight excluding hydrogens is 2080 g/mol. The van der Waals surface area contributed by atoms with Gasteiger partial charge in [0.1, 0.15) is 11.5 Å². The van der Waals surface area contributed by atoms with E-state index in [1.165, 1.54) is 15.9 Å². The molecule has 122 heavy (non-hydrogen) atoms. The highest BCUT2D eigenvalue weighted by Crippen LogP contribution is 2.41. The van der Waals surface area contributed by atoms with Crippen LogP contribution in [0.5, 0.6) is 34.9 Å². The van der Waals surface area contributed by atoms with Crippen LogP contribution in [0.1, 0.15) is 11.9 Å². The van der Waals surface area contributed by atoms with Gasteiger partial charge in [0.25, 0.3) is 40.1 Å². The van der Waals surface area contributed by atoms with Gasteiger partial charge in [-0.05, 0) is 223 Å². The first-order valence-electron chi connectivity index (χ1n) is 36.8. The number of fused-ring (bicyclic) bond motifs is 5. The Hall–Kier alpha value is -11.4. The van der Waals surface area contributed by atoms with Crippen molar-refractivity contribution in [1.29, 1.82) is 0 Å². The molecule has 33 heteroatoms. The van der Waals surface area contributed by atoms with E-state index in [4.69, 9.17) is 28.4 Å². The fourth-order valence-corrected chi connectivity index (χ4v) is 22.1. The van der Waals surface area contributed by atoms with Crippen LogP contribution in [-0.4, -0.2) is 105 Å². The maximum Gasteiger partial charge on any atom is 0.321 e. The van der Waals surface area contributed by atoms with Gasteiger partial charge in [0, 0.05) is 157 Å². The van der Waals surface area contributed by atoms with Gasteiger partial charge in [-0.15, -0.1) is 0 Å². The van der Waals surface area contributed by atoms with Crippen LogP contribution in [0.3, 0.4) is 0 Å². The van der Waals surface area contributed by atoms with Crippen molar-refractivity contribution in [3.63, 3.8) is 0 Å². The molecule has 10 aromatic heterocycles. The maximum absolute atomic E-state index is 13.2. The minimum Gasteiger partial charge on any atom is -0.454 e. The number of aromatic nitrogens is 11. The second kappa shape index (κ2) is 36.3. The summed E-state index contributed by atoms with van der Waals surface area (Å²) < 4.78 is 147. The first-order valence-corrected chi connectivity index (χ1v) is 46.8. The monoisotopic (exact) mass is 2140 g/mol. The Morgan fingerprint density at radius 3 is 1.15 bits per heavy atom. The van der Waals surface area contributed by atoms with Crippen molar-refractivity contribution in [3.8, 4) is 79.4 Å². The van der Waals surface area contributed by atoms with Crippen LogP contribution in [0.15, 0.2) is 349 Å². The number of rotatable bonds is 19. The molecule has 1 aliphatic heterocycles. The van der Waals surface area contributed by atoms with Crippen molar-refractivity contribution in [3.05, 3.63) is 349 Å². The molecule has 0 aliphatic carbocycles. The average Bonchev–Trinajstić information content (AvgIpc) is 1.61. The summed E-state index contributed by atoms with van der Waals surface area (Å²) >= 11 is 8.53. The number of ether oxygens (including phenoxy) is 6. The van der Waals surface area contributed by atoms with Crippen molar-refractivity contribution >= 4 is 175 Å². The molecule has 610 valence electrons. The first kappa shape index (κ1) is 84.2. The average molecular weight is 2150 g/mol. The standard InChI is InChI=1S/C24H16IN3O3S.C23H15IN4O3S.C22H19IN2O4S.C20H13IN2O4S/c25-22-16-28(32(29,30)19-10-5-2-6-11-19)23-21(22)14-17(15-27-23)20-12-7-13-26-24(20)31-18-8-3-1-4-9-18;24-20-15-28(32(29,30)17-7-2-1-3-8-17)22-19(20)13-16(14-27-22)18-9-4-5-10-21(18)31-23-25-11-6-12-26-23;1-28-22(29-2)18-11-7-6-10-17(18)15-12-19-20(23)14-25(21(19)24-13-15)30(26,27)16-8-4-3-5-9-16;21-17-11-23(28(24,25)15-4-2-1-3-5-15)20-16(17)8-14(10-22-20)13-6-7-18-19(9-13)27-12-26-18/h1-16H;1-15H;3-14,22H,1-2H3;1-11H,12H2. The van der Waals surface area contributed by atoms with E-state index in [0.717, 1.165) is 85.9 Å². The molecule has 19 rings (SSSR count). The zero-order valence-electron chi connectivity index (χ0n) is 63.7. The molecule has 0 saturated carbocycles. The Kier molecular flexibility index (Phi) is 25.1. The first-order chi connectivity index (χ1) is 59.1. The van der Waals surface area contributed by atoms with Gasteiger partial charge in [-0.2, -0.15) is 0 Å². The largest absolute Gasteiger partial charge is 0.454 e. The highest BCUT2D eigenvalue weighted by Gasteiger charge is 2.29. The molecule has 25 nitrogen and oxygen atoms in total. The molecule has 0 N–H and O–H groups in total. The Morgan fingerprint density at radius 1 is 0.336 bits per heavy atom. The van der Waals surface area contributed by atoms with Gasteiger partial charge >= 0.3 is 6.01 Å². The summed E-state index contributed by atoms with van der Waals surface area (Å²) in [7, 11) is -11.8. The molecule has 18 aromatic rings. The van der Waals surface area contributed by atoms with Crippen LogP contribution < -0.4 is 18.9 Å². The topological polar surface area (TPSA) is 302 Å². The molecule has 0 amide bonds. The smallest absolute Gasteiger partial charge is 0.321 e. The fraction of sp³-hybridized carbons (Fsp3) is 0.0449. The number of nitrogens with zero attached hydrogens (tertiary/aromatic N) is 11. The van der Waals surface area contributed by atoms with Gasteiger partial charge < -0.3 is 28.4 Å². The van der Waals surface area contributed by atoms with Crippen molar-refractivity contribution in [2.45, 2.75) is 25.9 Å². The van der Waals surface area contributed by atoms with E-state index in [9.17, 15) is 33.7 Å². The van der Waals surface area contributed by atoms with E-state index in [1.54, 1.807) is 210 Å². The van der Waals surface area contributed by atoms with Crippen LogP contribution in [0.2, 0.25) is 0 Å². The lowest BCUT2D eigenvalue weighted by molar-refractivity contribution is -0.105. The summed E-state index contributed by atoms with van der Waals surface area (Å²) in [6.07, 6.45) is 17.4. The Balaban J connectivity index is 0.000000121. The Labute approximate surface area is 754 Å². The number of pyridine rings is 5. The molecule has 0 bridgehead atoms. The van der Waals surface area contributed by atoms with Crippen molar-refractivity contribution in [2.24, 2.45) is 0 Å². The van der Waals surface area contributed by atoms with Gasteiger partial charge in [-0.1, -0.05) is 140 Å². The van der Waals surface area contributed by atoms with Gasteiger partial charge in [-0.25, -0.2) is 84.4 Å². The van der Waals surface area contributed by atoms with Crippen LogP contribution in [-0.2, 0) is 49.6 Å². The third-order valence-electron chi connectivity index (χ3n) is 19.1. The molecular formula is C89H63I4N11O14S4. The van der Waals surface area contributed by atoms with Gasteiger partial charge in [0.05, 0.1) is 19.6 Å². The Bertz CT molecular complexity index is 7180. The molecule has 0 spiro atoms.